The van der Waals surface area contributed by atoms with Crippen molar-refractivity contribution in [3.05, 3.63) is 96.6 Å². The minimum Gasteiger partial charge on any atom is -0.372 e. The van der Waals surface area contributed by atoms with Crippen molar-refractivity contribution in [2.24, 2.45) is 11.8 Å². The van der Waals surface area contributed by atoms with Crippen molar-refractivity contribution in [2.75, 3.05) is 0 Å². The Kier molecular flexibility index (Phi) is 6.89. The second kappa shape index (κ2) is 11.2. The topological polar surface area (TPSA) is 38.2 Å². The second-order valence-corrected chi connectivity index (χ2v) is 14.2. The van der Waals surface area contributed by atoms with Gasteiger partial charge in [0.05, 0.1) is 23.6 Å². The number of fused-ring (bicyclic) bond motifs is 5. The molecule has 5 fully saturated rings. The number of aromatic nitrogens is 2. The Hall–Kier alpha value is -3.34. The minimum absolute atomic E-state index is 0.490. The molecule has 0 radical (unpaired) electrons. The fourth-order valence-electron chi connectivity index (χ4n) is 10.0. The Balaban J connectivity index is 0.993. The Morgan fingerprint density at radius 1 is 0.568 bits per heavy atom. The normalized spacial score (nSPS) is 32.8. The van der Waals surface area contributed by atoms with Crippen LogP contribution >= 0.6 is 0 Å². The molecule has 2 aliphatic heterocycles. The first-order valence-corrected chi connectivity index (χ1v) is 17.3. The first-order valence-electron chi connectivity index (χ1n) is 17.3. The molecule has 0 spiro atoms. The Morgan fingerprint density at radius 3 is 1.98 bits per heavy atom. The third-order valence-electron chi connectivity index (χ3n) is 11.9. The summed E-state index contributed by atoms with van der Waals surface area (Å²) in [7, 11) is 0. The van der Waals surface area contributed by atoms with Crippen molar-refractivity contribution in [3.63, 3.8) is 0 Å². The zero-order chi connectivity index (χ0) is 29.0. The lowest BCUT2D eigenvalue weighted by atomic mass is 9.68. The van der Waals surface area contributed by atoms with Crippen LogP contribution in [0.2, 0.25) is 0 Å². The van der Waals surface area contributed by atoms with Crippen LogP contribution in [0.15, 0.2) is 91.0 Å². The third kappa shape index (κ3) is 4.64. The number of morpholine rings is 1. The molecule has 0 amide bonds. The molecule has 3 aliphatic carbocycles. The number of nitrogens with zero attached hydrogens (tertiary/aromatic N) is 3. The summed E-state index contributed by atoms with van der Waals surface area (Å²) in [5.74, 6) is 3.09. The molecule has 3 heterocycles. The van der Waals surface area contributed by atoms with Gasteiger partial charge in [0.25, 0.3) is 0 Å². The number of hydrogen-bond donors (Lipinski definition) is 0. The minimum atomic E-state index is 0.490. The number of rotatable bonds is 4. The van der Waals surface area contributed by atoms with Crippen molar-refractivity contribution < 1.29 is 4.74 Å². The summed E-state index contributed by atoms with van der Waals surface area (Å²) in [6.45, 7) is 0. The molecule has 8 atom stereocenters. The van der Waals surface area contributed by atoms with Crippen molar-refractivity contribution in [2.45, 2.75) is 100 Å². The van der Waals surface area contributed by atoms with Crippen LogP contribution in [0.1, 0.15) is 75.7 Å². The fraction of sp³-hybridized carbons (Fsp3) is 0.450. The van der Waals surface area contributed by atoms with Crippen LogP contribution < -0.4 is 0 Å². The lowest BCUT2D eigenvalue weighted by Crippen LogP contribution is -2.63. The predicted molar refractivity (Wildman–Crippen MR) is 176 cm³/mol. The zero-order valence-corrected chi connectivity index (χ0v) is 25.6. The summed E-state index contributed by atoms with van der Waals surface area (Å²) in [4.78, 5) is 13.2. The van der Waals surface area contributed by atoms with Gasteiger partial charge in [-0.2, -0.15) is 0 Å². The highest BCUT2D eigenvalue weighted by Crippen LogP contribution is 2.56. The summed E-state index contributed by atoms with van der Waals surface area (Å²) in [5, 5.41) is 0. The molecule has 4 heteroatoms. The van der Waals surface area contributed by atoms with Crippen LogP contribution in [0.3, 0.4) is 0 Å². The Labute approximate surface area is 261 Å². The maximum absolute atomic E-state index is 6.87. The zero-order valence-electron chi connectivity index (χ0n) is 25.6. The standard InChI is InChI=1S/C40H43N3O/c1-3-10-27(11-4-1)33-25-34(28-12-5-2-6-13-28)42-40(41-33)29-20-18-26(19-21-29)30-22-23-35-32(24-30)31-14-9-17-38-39(31)43(35)36-15-7-8-16-37(36)44-38/h1-6,10-13,18-21,25,30-32,35-39H,7-9,14-17,22-24H2. The first-order chi connectivity index (χ1) is 21.8. The molecule has 224 valence electrons. The smallest absolute Gasteiger partial charge is 0.160 e. The van der Waals surface area contributed by atoms with E-state index < -0.39 is 0 Å². The Bertz CT molecular complexity index is 1550. The predicted octanol–water partition coefficient (Wildman–Crippen LogP) is 8.92. The molecule has 9 rings (SSSR count). The molecule has 2 saturated heterocycles. The average molecular weight is 582 g/mol. The van der Waals surface area contributed by atoms with Gasteiger partial charge in [-0.3, -0.25) is 4.90 Å². The van der Waals surface area contributed by atoms with E-state index in [2.05, 4.69) is 95.9 Å². The van der Waals surface area contributed by atoms with Gasteiger partial charge in [0, 0.05) is 34.8 Å². The highest BCUT2D eigenvalue weighted by atomic mass is 16.5. The van der Waals surface area contributed by atoms with Crippen molar-refractivity contribution in [3.8, 4) is 33.9 Å². The van der Waals surface area contributed by atoms with Crippen molar-refractivity contribution >= 4 is 0 Å². The molecule has 44 heavy (non-hydrogen) atoms. The maximum atomic E-state index is 6.87. The Morgan fingerprint density at radius 2 is 1.25 bits per heavy atom. The third-order valence-corrected chi connectivity index (χ3v) is 11.9. The second-order valence-electron chi connectivity index (χ2n) is 14.2. The fourth-order valence-corrected chi connectivity index (χ4v) is 10.0. The van der Waals surface area contributed by atoms with Gasteiger partial charge in [0.15, 0.2) is 5.82 Å². The number of benzene rings is 3. The monoisotopic (exact) mass is 581 g/mol. The molecule has 8 unspecified atom stereocenters. The SMILES string of the molecule is c1ccc(-c2cc(-c3ccccc3)nc(-c3ccc(C4CCC5C(C4)C4CCCC6OC7CCCCC7N5C64)cc3)n2)cc1. The molecule has 3 aromatic carbocycles. The van der Waals surface area contributed by atoms with E-state index in [9.17, 15) is 0 Å². The van der Waals surface area contributed by atoms with E-state index in [1.54, 1.807) is 0 Å². The molecule has 4 nitrogen and oxygen atoms in total. The van der Waals surface area contributed by atoms with Crippen LogP contribution in [-0.4, -0.2) is 45.2 Å². The quantitative estimate of drug-likeness (QED) is 0.241. The van der Waals surface area contributed by atoms with E-state index in [4.69, 9.17) is 14.7 Å². The molecular formula is C40H43N3O. The van der Waals surface area contributed by atoms with Crippen molar-refractivity contribution in [1.29, 1.82) is 0 Å². The van der Waals surface area contributed by atoms with Gasteiger partial charge in [-0.1, -0.05) is 104 Å². The van der Waals surface area contributed by atoms with Crippen LogP contribution in [0.5, 0.6) is 0 Å². The van der Waals surface area contributed by atoms with Gasteiger partial charge in [-0.05, 0) is 74.3 Å². The van der Waals surface area contributed by atoms with E-state index in [1.165, 1.54) is 69.8 Å². The summed E-state index contributed by atoms with van der Waals surface area (Å²) >= 11 is 0. The van der Waals surface area contributed by atoms with Crippen LogP contribution in [0.4, 0.5) is 0 Å². The maximum Gasteiger partial charge on any atom is 0.160 e. The average Bonchev–Trinajstić information content (AvgIpc) is 3.44. The van der Waals surface area contributed by atoms with E-state index in [0.29, 0.717) is 30.2 Å². The van der Waals surface area contributed by atoms with Gasteiger partial charge >= 0.3 is 0 Å². The van der Waals surface area contributed by atoms with Crippen LogP contribution in [0, 0.1) is 11.8 Å². The van der Waals surface area contributed by atoms with Gasteiger partial charge < -0.3 is 4.74 Å². The van der Waals surface area contributed by atoms with Gasteiger partial charge in [0.1, 0.15) is 0 Å². The highest BCUT2D eigenvalue weighted by Gasteiger charge is 2.59. The molecule has 0 N–H and O–H groups in total. The van der Waals surface area contributed by atoms with E-state index in [1.807, 2.05) is 0 Å². The molecule has 3 saturated carbocycles. The van der Waals surface area contributed by atoms with Gasteiger partial charge in [-0.15, -0.1) is 0 Å². The summed E-state index contributed by atoms with van der Waals surface area (Å²) in [5.41, 5.74) is 6.74. The van der Waals surface area contributed by atoms with Crippen LogP contribution in [0.25, 0.3) is 33.9 Å². The van der Waals surface area contributed by atoms with Gasteiger partial charge in [0.2, 0.25) is 0 Å². The molecule has 0 bridgehead atoms. The number of ether oxygens (including phenoxy) is 1. The molecular weight excluding hydrogens is 538 g/mol. The molecule has 1 aromatic heterocycles. The van der Waals surface area contributed by atoms with E-state index in [0.717, 1.165) is 51.8 Å². The van der Waals surface area contributed by atoms with Gasteiger partial charge in [-0.25, -0.2) is 9.97 Å². The first kappa shape index (κ1) is 27.0. The van der Waals surface area contributed by atoms with E-state index >= 15 is 0 Å². The summed E-state index contributed by atoms with van der Waals surface area (Å²) < 4.78 is 6.87. The summed E-state index contributed by atoms with van der Waals surface area (Å²) in [6.07, 6.45) is 14.4. The largest absolute Gasteiger partial charge is 0.372 e. The van der Waals surface area contributed by atoms with E-state index in [-0.39, 0.29) is 0 Å². The molecule has 5 aliphatic rings. The molecule has 4 aromatic rings. The summed E-state index contributed by atoms with van der Waals surface area (Å²) in [6, 6.07) is 34.5. The van der Waals surface area contributed by atoms with Crippen LogP contribution in [-0.2, 0) is 4.74 Å². The number of hydrogen-bond acceptors (Lipinski definition) is 4. The highest BCUT2D eigenvalue weighted by molar-refractivity contribution is 5.71. The lowest BCUT2D eigenvalue weighted by molar-refractivity contribution is -0.177. The lowest BCUT2D eigenvalue weighted by Gasteiger charge is -2.53. The van der Waals surface area contributed by atoms with Crippen molar-refractivity contribution in [1.82, 2.24) is 14.9 Å².